The quantitative estimate of drug-likeness (QED) is 0.485. The Morgan fingerprint density at radius 1 is 1.20 bits per heavy atom. The highest BCUT2D eigenvalue weighted by Gasteiger charge is 2.10. The van der Waals surface area contributed by atoms with Crippen LogP contribution in [-0.2, 0) is 6.54 Å². The van der Waals surface area contributed by atoms with Gasteiger partial charge in [-0.15, -0.1) is 10.2 Å². The maximum Gasteiger partial charge on any atom is 0.259 e. The SMILES string of the molecule is O=C(NCc1nnc2ccccn12)c1ccc2c(=O)[nH]c(=S)[nH]c2c1. The number of benzene rings is 1. The van der Waals surface area contributed by atoms with Crippen molar-refractivity contribution in [2.75, 3.05) is 0 Å². The van der Waals surface area contributed by atoms with Crippen LogP contribution in [0.15, 0.2) is 47.4 Å². The molecule has 3 heterocycles. The summed E-state index contributed by atoms with van der Waals surface area (Å²) in [6.45, 7) is 0.230. The molecule has 0 aliphatic heterocycles. The number of H-pyrrole nitrogens is 2. The number of fused-ring (bicyclic) bond motifs is 2. The van der Waals surface area contributed by atoms with Gasteiger partial charge >= 0.3 is 0 Å². The van der Waals surface area contributed by atoms with Gasteiger partial charge in [-0.2, -0.15) is 0 Å². The monoisotopic (exact) mass is 352 g/mol. The van der Waals surface area contributed by atoms with Crippen molar-refractivity contribution in [2.24, 2.45) is 0 Å². The Morgan fingerprint density at radius 3 is 2.96 bits per heavy atom. The predicted octanol–water partition coefficient (Wildman–Crippen LogP) is 1.56. The molecule has 1 amide bonds. The topological polar surface area (TPSA) is 108 Å². The average molecular weight is 352 g/mol. The summed E-state index contributed by atoms with van der Waals surface area (Å²) in [5.74, 6) is 0.342. The summed E-state index contributed by atoms with van der Waals surface area (Å²) in [7, 11) is 0. The molecule has 0 atom stereocenters. The number of hydrogen-bond acceptors (Lipinski definition) is 5. The van der Waals surface area contributed by atoms with Crippen molar-refractivity contribution in [2.45, 2.75) is 6.54 Å². The molecule has 124 valence electrons. The molecule has 0 radical (unpaired) electrons. The highest BCUT2D eigenvalue weighted by molar-refractivity contribution is 7.71. The van der Waals surface area contributed by atoms with Crippen LogP contribution in [0.2, 0.25) is 0 Å². The molecule has 25 heavy (non-hydrogen) atoms. The molecule has 1 aromatic carbocycles. The summed E-state index contributed by atoms with van der Waals surface area (Å²) in [6, 6.07) is 10.3. The van der Waals surface area contributed by atoms with Gasteiger partial charge in [-0.25, -0.2) is 0 Å². The Hall–Kier alpha value is -3.33. The van der Waals surface area contributed by atoms with Crippen LogP contribution in [0.25, 0.3) is 16.6 Å². The zero-order valence-corrected chi connectivity index (χ0v) is 13.6. The number of nitrogens with zero attached hydrogens (tertiary/aromatic N) is 3. The number of amides is 1. The molecule has 3 N–H and O–H groups in total. The molecule has 4 rings (SSSR count). The molecular formula is C16H12N6O2S. The number of nitrogens with one attached hydrogen (secondary N) is 3. The summed E-state index contributed by atoms with van der Waals surface area (Å²) in [5, 5.41) is 11.3. The van der Waals surface area contributed by atoms with Crippen molar-refractivity contribution in [3.63, 3.8) is 0 Å². The van der Waals surface area contributed by atoms with Crippen LogP contribution in [0, 0.1) is 4.77 Å². The zero-order valence-electron chi connectivity index (χ0n) is 12.8. The third-order valence-corrected chi connectivity index (χ3v) is 4.00. The van der Waals surface area contributed by atoms with E-state index in [0.717, 1.165) is 0 Å². The molecule has 0 saturated heterocycles. The third kappa shape index (κ3) is 2.81. The second-order valence-electron chi connectivity index (χ2n) is 5.40. The van der Waals surface area contributed by atoms with Gasteiger partial charge in [-0.05, 0) is 42.5 Å². The van der Waals surface area contributed by atoms with Crippen molar-refractivity contribution >= 4 is 34.7 Å². The second kappa shape index (κ2) is 5.95. The zero-order chi connectivity index (χ0) is 17.4. The van der Waals surface area contributed by atoms with Crippen LogP contribution >= 0.6 is 12.2 Å². The van der Waals surface area contributed by atoms with E-state index in [4.69, 9.17) is 12.2 Å². The van der Waals surface area contributed by atoms with Gasteiger partial charge in [0.2, 0.25) is 0 Å². The maximum atomic E-state index is 12.4. The van der Waals surface area contributed by atoms with Crippen LogP contribution in [0.5, 0.6) is 0 Å². The van der Waals surface area contributed by atoms with Gasteiger partial charge in [0.25, 0.3) is 11.5 Å². The lowest BCUT2D eigenvalue weighted by molar-refractivity contribution is 0.0950. The largest absolute Gasteiger partial charge is 0.345 e. The fraction of sp³-hybridized carbons (Fsp3) is 0.0625. The van der Waals surface area contributed by atoms with Crippen LogP contribution in [0.4, 0.5) is 0 Å². The van der Waals surface area contributed by atoms with Crippen molar-refractivity contribution in [3.8, 4) is 0 Å². The number of carbonyl (C=O) groups excluding carboxylic acids is 1. The Kier molecular flexibility index (Phi) is 3.62. The van der Waals surface area contributed by atoms with E-state index in [1.807, 2.05) is 24.4 Å². The molecule has 0 unspecified atom stereocenters. The van der Waals surface area contributed by atoms with E-state index >= 15 is 0 Å². The molecule has 0 fully saturated rings. The molecule has 0 spiro atoms. The number of pyridine rings is 1. The van der Waals surface area contributed by atoms with Gasteiger partial charge in [0.15, 0.2) is 16.2 Å². The highest BCUT2D eigenvalue weighted by atomic mass is 32.1. The lowest BCUT2D eigenvalue weighted by atomic mass is 10.1. The van der Waals surface area contributed by atoms with E-state index in [1.165, 1.54) is 0 Å². The normalized spacial score (nSPS) is 11.0. The Morgan fingerprint density at radius 2 is 2.08 bits per heavy atom. The smallest absolute Gasteiger partial charge is 0.259 e. The molecule has 0 aliphatic carbocycles. The van der Waals surface area contributed by atoms with Crippen molar-refractivity contribution in [1.82, 2.24) is 29.9 Å². The number of aromatic amines is 2. The van der Waals surface area contributed by atoms with Crippen molar-refractivity contribution < 1.29 is 4.79 Å². The van der Waals surface area contributed by atoms with Gasteiger partial charge in [-0.1, -0.05) is 6.07 Å². The number of aromatic nitrogens is 5. The van der Waals surface area contributed by atoms with Crippen LogP contribution in [0.3, 0.4) is 0 Å². The standard InChI is InChI=1S/C16H12N6O2S/c23-14(17-8-13-21-20-12-3-1-2-6-22(12)13)9-4-5-10-11(7-9)18-16(25)19-15(10)24/h1-7H,8H2,(H,17,23)(H2,18,19,24,25). The van der Waals surface area contributed by atoms with Crippen LogP contribution in [0.1, 0.15) is 16.2 Å². The van der Waals surface area contributed by atoms with E-state index < -0.39 is 0 Å². The van der Waals surface area contributed by atoms with E-state index in [-0.39, 0.29) is 22.8 Å². The first-order valence-corrected chi connectivity index (χ1v) is 7.86. The van der Waals surface area contributed by atoms with Crippen molar-refractivity contribution in [1.29, 1.82) is 0 Å². The van der Waals surface area contributed by atoms with Gasteiger partial charge in [-0.3, -0.25) is 19.0 Å². The first-order chi connectivity index (χ1) is 12.1. The van der Waals surface area contributed by atoms with Gasteiger partial charge in [0.05, 0.1) is 17.4 Å². The second-order valence-corrected chi connectivity index (χ2v) is 5.80. The lowest BCUT2D eigenvalue weighted by Gasteiger charge is -2.05. The van der Waals surface area contributed by atoms with Gasteiger partial charge < -0.3 is 10.3 Å². The minimum absolute atomic E-state index is 0.213. The third-order valence-electron chi connectivity index (χ3n) is 3.79. The number of hydrogen-bond donors (Lipinski definition) is 3. The molecule has 0 bridgehead atoms. The summed E-state index contributed by atoms with van der Waals surface area (Å²) < 4.78 is 2.02. The van der Waals surface area contributed by atoms with Crippen LogP contribution in [-0.4, -0.2) is 30.5 Å². The van der Waals surface area contributed by atoms with E-state index in [2.05, 4.69) is 25.5 Å². The fourth-order valence-corrected chi connectivity index (χ4v) is 2.79. The lowest BCUT2D eigenvalue weighted by Crippen LogP contribution is -2.24. The molecule has 8 nitrogen and oxygen atoms in total. The Bertz CT molecular complexity index is 1220. The minimum atomic E-state index is -0.291. The summed E-state index contributed by atoms with van der Waals surface area (Å²) in [5.41, 5.74) is 1.34. The first-order valence-electron chi connectivity index (χ1n) is 7.45. The highest BCUT2D eigenvalue weighted by Crippen LogP contribution is 2.10. The summed E-state index contributed by atoms with van der Waals surface area (Å²) >= 11 is 4.96. The van der Waals surface area contributed by atoms with E-state index in [1.54, 1.807) is 22.6 Å². The minimum Gasteiger partial charge on any atom is -0.345 e. The first kappa shape index (κ1) is 15.2. The van der Waals surface area contributed by atoms with E-state index in [9.17, 15) is 9.59 Å². The Balaban J connectivity index is 1.60. The molecule has 9 heteroatoms. The van der Waals surface area contributed by atoms with Crippen molar-refractivity contribution in [3.05, 3.63) is 69.1 Å². The van der Waals surface area contributed by atoms with Crippen LogP contribution < -0.4 is 10.9 Å². The van der Waals surface area contributed by atoms with E-state index in [0.29, 0.717) is 27.9 Å². The fourth-order valence-electron chi connectivity index (χ4n) is 2.58. The average Bonchev–Trinajstić information content (AvgIpc) is 3.02. The predicted molar refractivity (Wildman–Crippen MR) is 93.9 cm³/mol. The van der Waals surface area contributed by atoms with Gasteiger partial charge in [0.1, 0.15) is 0 Å². The molecule has 0 saturated carbocycles. The Labute approximate surface area is 145 Å². The summed E-state index contributed by atoms with van der Waals surface area (Å²) in [6.07, 6.45) is 1.83. The van der Waals surface area contributed by atoms with Gasteiger partial charge in [0, 0.05) is 11.8 Å². The molecular weight excluding hydrogens is 340 g/mol. The number of rotatable bonds is 3. The summed E-state index contributed by atoms with van der Waals surface area (Å²) in [4.78, 5) is 29.6. The molecule has 3 aromatic heterocycles. The maximum absolute atomic E-state index is 12.4. The number of carbonyl (C=O) groups is 1. The molecule has 0 aliphatic rings. The molecule has 4 aromatic rings.